The number of nitrogens with two attached hydrogens (primary N) is 2. The third kappa shape index (κ3) is 10.6. The number of aliphatic imine (C=N–C) groups is 1. The van der Waals surface area contributed by atoms with Crippen molar-refractivity contribution in [2.24, 2.45) is 16.5 Å². The molecule has 1 aliphatic rings. The molecule has 13 nitrogen and oxygen atoms in total. The number of nitrogens with zero attached hydrogens (tertiary/aromatic N) is 2. The molecule has 0 bridgehead atoms. The fourth-order valence-corrected chi connectivity index (χ4v) is 5.66. The van der Waals surface area contributed by atoms with Gasteiger partial charge in [-0.1, -0.05) is 36.4 Å². The fraction of sp³-hybridized carbons (Fsp3) is 0.371. The number of amides is 4. The molecular formula is C35H45F2N9O4. The van der Waals surface area contributed by atoms with Crippen molar-refractivity contribution in [2.75, 3.05) is 31.5 Å². The van der Waals surface area contributed by atoms with E-state index in [1.807, 2.05) is 53.4 Å². The Balaban J connectivity index is 1.56. The van der Waals surface area contributed by atoms with Crippen LogP contribution >= 0.6 is 0 Å². The van der Waals surface area contributed by atoms with Crippen LogP contribution in [0.1, 0.15) is 54.5 Å². The summed E-state index contributed by atoms with van der Waals surface area (Å²) in [5, 5.41) is 23.2. The highest BCUT2D eigenvalue weighted by Gasteiger charge is 2.34. The Labute approximate surface area is 289 Å². The first-order chi connectivity index (χ1) is 24.1. The van der Waals surface area contributed by atoms with Gasteiger partial charge in [0, 0.05) is 62.7 Å². The minimum Gasteiger partial charge on any atom is -0.508 e. The van der Waals surface area contributed by atoms with E-state index in [1.54, 1.807) is 6.92 Å². The number of carbonyl (C=O) groups excluding carboxylic acids is 3. The van der Waals surface area contributed by atoms with Crippen LogP contribution in [0.5, 0.6) is 5.75 Å². The van der Waals surface area contributed by atoms with Crippen molar-refractivity contribution in [2.45, 2.75) is 57.9 Å². The smallest absolute Gasteiger partial charge is 0.321 e. The van der Waals surface area contributed by atoms with Gasteiger partial charge in [-0.05, 0) is 61.6 Å². The summed E-state index contributed by atoms with van der Waals surface area (Å²) in [5.41, 5.74) is 14.7. The van der Waals surface area contributed by atoms with Crippen LogP contribution < -0.4 is 38.1 Å². The van der Waals surface area contributed by atoms with Gasteiger partial charge in [0.2, 0.25) is 11.8 Å². The number of phenols is 1. The Morgan fingerprint density at radius 1 is 0.960 bits per heavy atom. The maximum Gasteiger partial charge on any atom is 0.321 e. The number of nitrogens with one attached hydrogen (secondary N) is 5. The molecule has 0 aromatic heterocycles. The molecule has 10 N–H and O–H groups in total. The Morgan fingerprint density at radius 3 is 2.32 bits per heavy atom. The highest BCUT2D eigenvalue weighted by molar-refractivity contribution is 5.95. The fourth-order valence-electron chi connectivity index (χ4n) is 5.66. The third-order valence-corrected chi connectivity index (χ3v) is 8.10. The van der Waals surface area contributed by atoms with E-state index < -0.39 is 59.4 Å². The number of hydrogen-bond donors (Lipinski definition) is 8. The van der Waals surface area contributed by atoms with Gasteiger partial charge in [0.15, 0.2) is 5.96 Å². The monoisotopic (exact) mass is 693 g/mol. The van der Waals surface area contributed by atoms with Crippen LogP contribution in [-0.4, -0.2) is 66.0 Å². The largest absolute Gasteiger partial charge is 0.508 e. The lowest BCUT2D eigenvalue weighted by Crippen LogP contribution is -2.50. The van der Waals surface area contributed by atoms with Gasteiger partial charge in [-0.2, -0.15) is 0 Å². The molecule has 0 fully saturated rings. The molecule has 1 heterocycles. The second kappa shape index (κ2) is 18.5. The van der Waals surface area contributed by atoms with Crippen LogP contribution in [0.15, 0.2) is 65.7 Å². The van der Waals surface area contributed by atoms with Crippen molar-refractivity contribution < 1.29 is 28.3 Å². The zero-order chi connectivity index (χ0) is 36.0. The van der Waals surface area contributed by atoms with Gasteiger partial charge < -0.3 is 37.8 Å². The van der Waals surface area contributed by atoms with E-state index in [0.29, 0.717) is 38.3 Å². The molecule has 3 aromatic rings. The van der Waals surface area contributed by atoms with Crippen LogP contribution in [0.25, 0.3) is 0 Å². The lowest BCUT2D eigenvalue weighted by Gasteiger charge is -2.29. The van der Waals surface area contributed by atoms with Crippen molar-refractivity contribution in [1.82, 2.24) is 26.2 Å². The molecule has 1 aliphatic heterocycles. The number of carbonyl (C=O) groups is 3. The zero-order valence-electron chi connectivity index (χ0n) is 28.0. The Bertz CT molecular complexity index is 1620. The molecule has 50 heavy (non-hydrogen) atoms. The molecule has 0 saturated carbocycles. The minimum atomic E-state index is -1.13. The van der Waals surface area contributed by atoms with Crippen molar-refractivity contribution in [1.29, 1.82) is 0 Å². The first-order valence-corrected chi connectivity index (χ1v) is 16.5. The van der Waals surface area contributed by atoms with Gasteiger partial charge in [0.25, 0.3) is 0 Å². The lowest BCUT2D eigenvalue weighted by atomic mass is 10.0. The van der Waals surface area contributed by atoms with E-state index in [0.717, 1.165) is 35.4 Å². The second-order valence-corrected chi connectivity index (χ2v) is 11.8. The summed E-state index contributed by atoms with van der Waals surface area (Å²) < 4.78 is 28.9. The summed E-state index contributed by atoms with van der Waals surface area (Å²) in [5.74, 6) is -3.88. The number of aromatic hydroxyl groups is 1. The number of benzene rings is 3. The standard InChI is InChI=1S/C35H45F2N9O4/c1-2-40-35(50)45-34(39)42-14-6-12-30(32(48)43-19-27-28(36)17-26(47)18-29(27)37)44-33(49)31(46-20-23-8-3-4-9-24(23)21-46)22-10-5-11-25(16-22)41-15-7-13-38/h3-5,8-11,16-18,30-31,41,47H,2,6-7,12-15,19-21,38H2,1H3,(H,43,48)(H,44,49)(H4,39,40,42,45,50)/t30-,31+/m1/s1. The number of phenolic OH excluding ortho intramolecular Hbond substituents is 1. The maximum absolute atomic E-state index is 14.4. The Kier molecular flexibility index (Phi) is 13.9. The van der Waals surface area contributed by atoms with Crippen LogP contribution in [0.4, 0.5) is 19.3 Å². The van der Waals surface area contributed by atoms with E-state index in [9.17, 15) is 28.3 Å². The SMILES string of the molecule is CCNC(=O)NC(N)=NCCC[C@@H](NC(=O)[C@H](c1cccc(NCCCN)c1)N1Cc2ccccc2C1)C(=O)NCc1c(F)cc(O)cc1F. The predicted molar refractivity (Wildman–Crippen MR) is 187 cm³/mol. The third-order valence-electron chi connectivity index (χ3n) is 8.10. The van der Waals surface area contributed by atoms with Crippen molar-refractivity contribution in [3.63, 3.8) is 0 Å². The topological polar surface area (TPSA) is 199 Å². The molecule has 4 rings (SSSR count). The number of halogens is 2. The molecule has 0 aliphatic carbocycles. The second-order valence-electron chi connectivity index (χ2n) is 11.8. The quantitative estimate of drug-likeness (QED) is 0.0636. The summed E-state index contributed by atoms with van der Waals surface area (Å²) >= 11 is 0. The highest BCUT2D eigenvalue weighted by atomic mass is 19.1. The normalized spacial score (nSPS) is 14.0. The van der Waals surface area contributed by atoms with Gasteiger partial charge >= 0.3 is 6.03 Å². The van der Waals surface area contributed by atoms with E-state index in [1.165, 1.54) is 0 Å². The lowest BCUT2D eigenvalue weighted by molar-refractivity contribution is -0.132. The van der Waals surface area contributed by atoms with Gasteiger partial charge in [-0.25, -0.2) is 13.6 Å². The van der Waals surface area contributed by atoms with Gasteiger partial charge in [0.1, 0.15) is 29.5 Å². The summed E-state index contributed by atoms with van der Waals surface area (Å²) in [4.78, 5) is 45.7. The number of anilines is 1. The number of rotatable bonds is 16. The molecule has 0 unspecified atom stereocenters. The van der Waals surface area contributed by atoms with Crippen LogP contribution in [0.3, 0.4) is 0 Å². The highest BCUT2D eigenvalue weighted by Crippen LogP contribution is 2.33. The molecule has 2 atom stereocenters. The van der Waals surface area contributed by atoms with Gasteiger partial charge in [-0.3, -0.25) is 24.8 Å². The Morgan fingerprint density at radius 2 is 1.66 bits per heavy atom. The van der Waals surface area contributed by atoms with Gasteiger partial charge in [-0.15, -0.1) is 0 Å². The summed E-state index contributed by atoms with van der Waals surface area (Å²) in [7, 11) is 0. The van der Waals surface area contributed by atoms with Crippen LogP contribution in [0.2, 0.25) is 0 Å². The summed E-state index contributed by atoms with van der Waals surface area (Å²) in [6.45, 7) is 3.93. The molecule has 0 spiro atoms. The van der Waals surface area contributed by atoms with Crippen LogP contribution in [-0.2, 0) is 29.2 Å². The average molecular weight is 694 g/mol. The first-order valence-electron chi connectivity index (χ1n) is 16.5. The van der Waals surface area contributed by atoms with E-state index in [-0.39, 0.29) is 25.3 Å². The summed E-state index contributed by atoms with van der Waals surface area (Å²) in [6, 6.07) is 14.5. The number of guanidine groups is 1. The zero-order valence-corrected chi connectivity index (χ0v) is 28.0. The van der Waals surface area contributed by atoms with E-state index in [4.69, 9.17) is 11.5 Å². The maximum atomic E-state index is 14.4. The Hall–Kier alpha value is -5.28. The predicted octanol–water partition coefficient (Wildman–Crippen LogP) is 2.70. The molecule has 0 radical (unpaired) electrons. The van der Waals surface area contributed by atoms with Crippen molar-refractivity contribution in [3.8, 4) is 5.75 Å². The minimum absolute atomic E-state index is 0.0870. The molecular weight excluding hydrogens is 648 g/mol. The van der Waals surface area contributed by atoms with Gasteiger partial charge in [0.05, 0.1) is 0 Å². The molecule has 4 amide bonds. The van der Waals surface area contributed by atoms with E-state index >= 15 is 0 Å². The molecule has 15 heteroatoms. The van der Waals surface area contributed by atoms with Crippen LogP contribution in [0, 0.1) is 11.6 Å². The number of fused-ring (bicyclic) bond motifs is 1. The average Bonchev–Trinajstić information content (AvgIpc) is 3.49. The number of hydrogen-bond acceptors (Lipinski definition) is 8. The molecule has 268 valence electrons. The number of urea groups is 1. The van der Waals surface area contributed by atoms with Crippen molar-refractivity contribution in [3.05, 3.63) is 94.6 Å². The molecule has 0 saturated heterocycles. The first kappa shape index (κ1) is 37.5. The molecule has 3 aromatic carbocycles. The van der Waals surface area contributed by atoms with Crippen molar-refractivity contribution >= 4 is 29.5 Å². The van der Waals surface area contributed by atoms with E-state index in [2.05, 4.69) is 31.6 Å². The summed E-state index contributed by atoms with van der Waals surface area (Å²) in [6.07, 6.45) is 1.12.